The smallest absolute Gasteiger partial charge is 0.172 e. The van der Waals surface area contributed by atoms with Gasteiger partial charge in [-0.15, -0.1) is 11.3 Å². The van der Waals surface area contributed by atoms with E-state index in [2.05, 4.69) is 64.4 Å². The average molecular weight is 501 g/mol. The number of nitrogens with zero attached hydrogens (tertiary/aromatic N) is 2. The van der Waals surface area contributed by atoms with Crippen LogP contribution in [0.1, 0.15) is 24.5 Å². The third-order valence-corrected chi connectivity index (χ3v) is 7.09. The Hall–Kier alpha value is 0.270. The number of hydrogen-bond donors (Lipinski definition) is 1. The van der Waals surface area contributed by atoms with E-state index in [1.54, 1.807) is 11.3 Å². The molecule has 0 atom stereocenters. The fraction of sp³-hybridized carbons (Fsp3) is 0.273. The molecule has 1 aliphatic rings. The topological polar surface area (TPSA) is 51.8 Å². The highest BCUT2D eigenvalue weighted by Gasteiger charge is 2.29. The molecule has 2 heterocycles. The molecule has 1 fully saturated rings. The number of nitrogen functional groups attached to an aromatic ring is 1. The van der Waals surface area contributed by atoms with Crippen LogP contribution in [0.2, 0.25) is 0 Å². The molecule has 0 aromatic carbocycles. The Morgan fingerprint density at radius 3 is 2.61 bits per heavy atom. The van der Waals surface area contributed by atoms with Crippen molar-refractivity contribution in [1.29, 1.82) is 0 Å². The second-order valence-corrected chi connectivity index (χ2v) is 8.44. The number of aromatic nitrogens is 2. The largest absolute Gasteiger partial charge is 0.383 e. The molecule has 0 radical (unpaired) electrons. The first-order chi connectivity index (χ1) is 8.56. The lowest BCUT2D eigenvalue weighted by molar-refractivity contribution is 0.985. The van der Waals surface area contributed by atoms with Crippen LogP contribution in [0.25, 0.3) is 10.7 Å². The van der Waals surface area contributed by atoms with Crippen molar-refractivity contribution in [3.63, 3.8) is 0 Å². The summed E-state index contributed by atoms with van der Waals surface area (Å²) < 4.78 is 3.08. The zero-order chi connectivity index (χ0) is 12.9. The quantitative estimate of drug-likeness (QED) is 0.603. The normalized spacial score (nSPS) is 15.1. The molecule has 0 unspecified atom stereocenters. The van der Waals surface area contributed by atoms with E-state index in [4.69, 9.17) is 5.73 Å². The second-order valence-electron chi connectivity index (χ2n) is 4.14. The molecule has 0 amide bonds. The van der Waals surface area contributed by atoms with E-state index >= 15 is 0 Å². The van der Waals surface area contributed by atoms with Gasteiger partial charge in [0.25, 0.3) is 0 Å². The maximum absolute atomic E-state index is 5.99. The highest BCUT2D eigenvalue weighted by Crippen LogP contribution is 2.43. The lowest BCUT2D eigenvalue weighted by atomic mass is 10.2. The van der Waals surface area contributed by atoms with Crippen molar-refractivity contribution in [2.75, 3.05) is 5.73 Å². The van der Waals surface area contributed by atoms with Gasteiger partial charge in [-0.1, -0.05) is 0 Å². The highest BCUT2D eigenvalue weighted by atomic mass is 127. The van der Waals surface area contributed by atoms with Crippen molar-refractivity contribution < 1.29 is 0 Å². The highest BCUT2D eigenvalue weighted by molar-refractivity contribution is 14.1. The molecule has 0 aliphatic heterocycles. The Morgan fingerprint density at radius 2 is 2.06 bits per heavy atom. The van der Waals surface area contributed by atoms with Gasteiger partial charge in [-0.3, -0.25) is 0 Å². The molecular formula is C11H8Br2IN3S. The van der Waals surface area contributed by atoms with E-state index in [9.17, 15) is 0 Å². The van der Waals surface area contributed by atoms with Crippen molar-refractivity contribution in [2.24, 2.45) is 0 Å². The van der Waals surface area contributed by atoms with Crippen LogP contribution in [-0.2, 0) is 0 Å². The third kappa shape index (κ3) is 2.46. The van der Waals surface area contributed by atoms with Crippen LogP contribution in [0.15, 0.2) is 14.3 Å². The SMILES string of the molecule is Nc1nc(-c2cc(Br)c(Br)s2)nc(C2CC2)c1I. The molecule has 18 heavy (non-hydrogen) atoms. The minimum Gasteiger partial charge on any atom is -0.383 e. The molecule has 0 bridgehead atoms. The number of nitrogens with two attached hydrogens (primary N) is 1. The summed E-state index contributed by atoms with van der Waals surface area (Å²) in [5, 5.41) is 0. The molecule has 94 valence electrons. The number of hydrogen-bond acceptors (Lipinski definition) is 4. The molecule has 1 saturated carbocycles. The van der Waals surface area contributed by atoms with Crippen LogP contribution in [0.5, 0.6) is 0 Å². The molecule has 3 nitrogen and oxygen atoms in total. The van der Waals surface area contributed by atoms with Gasteiger partial charge < -0.3 is 5.73 Å². The molecule has 7 heteroatoms. The van der Waals surface area contributed by atoms with Crippen molar-refractivity contribution >= 4 is 71.6 Å². The fourth-order valence-electron chi connectivity index (χ4n) is 1.68. The van der Waals surface area contributed by atoms with Crippen LogP contribution in [-0.4, -0.2) is 9.97 Å². The van der Waals surface area contributed by atoms with Gasteiger partial charge in [-0.05, 0) is 73.4 Å². The number of halogens is 3. The summed E-state index contributed by atoms with van der Waals surface area (Å²) in [6.45, 7) is 0. The fourth-order valence-corrected chi connectivity index (χ4v) is 4.33. The molecule has 0 spiro atoms. The lowest BCUT2D eigenvalue weighted by Crippen LogP contribution is -2.03. The minimum absolute atomic E-state index is 0.577. The van der Waals surface area contributed by atoms with E-state index in [0.717, 1.165) is 28.2 Å². The standard InChI is InChI=1S/C11H8Br2IN3S/c12-5-3-6(18-9(5)13)11-16-8(4-1-2-4)7(14)10(15)17-11/h3-4H,1-2H2,(H2,15,16,17). The van der Waals surface area contributed by atoms with Gasteiger partial charge in [0.15, 0.2) is 5.82 Å². The van der Waals surface area contributed by atoms with Crippen LogP contribution >= 0.6 is 65.8 Å². The Morgan fingerprint density at radius 1 is 1.33 bits per heavy atom. The van der Waals surface area contributed by atoms with E-state index in [-0.39, 0.29) is 0 Å². The summed E-state index contributed by atoms with van der Waals surface area (Å²) in [6, 6.07) is 2.02. The summed E-state index contributed by atoms with van der Waals surface area (Å²) in [5.41, 5.74) is 7.10. The summed E-state index contributed by atoms with van der Waals surface area (Å²) >= 11 is 10.8. The monoisotopic (exact) mass is 499 g/mol. The molecule has 2 aromatic rings. The van der Waals surface area contributed by atoms with Crippen LogP contribution in [0, 0.1) is 3.57 Å². The van der Waals surface area contributed by atoms with Crippen molar-refractivity contribution in [3.05, 3.63) is 23.6 Å². The zero-order valence-electron chi connectivity index (χ0n) is 9.08. The van der Waals surface area contributed by atoms with Crippen LogP contribution in [0.3, 0.4) is 0 Å². The van der Waals surface area contributed by atoms with E-state index in [0.29, 0.717) is 11.7 Å². The van der Waals surface area contributed by atoms with Gasteiger partial charge in [0.1, 0.15) is 5.82 Å². The van der Waals surface area contributed by atoms with E-state index in [1.165, 1.54) is 12.8 Å². The van der Waals surface area contributed by atoms with Crippen LogP contribution in [0.4, 0.5) is 5.82 Å². The Labute approximate surface area is 139 Å². The van der Waals surface area contributed by atoms with Crippen molar-refractivity contribution in [3.8, 4) is 10.7 Å². The minimum atomic E-state index is 0.577. The second kappa shape index (κ2) is 4.99. The first-order valence-corrected chi connectivity index (χ1v) is 8.82. The van der Waals surface area contributed by atoms with Crippen molar-refractivity contribution in [2.45, 2.75) is 18.8 Å². The summed E-state index contributed by atoms with van der Waals surface area (Å²) in [5.74, 6) is 1.89. The molecule has 3 rings (SSSR count). The first-order valence-electron chi connectivity index (χ1n) is 5.34. The van der Waals surface area contributed by atoms with Gasteiger partial charge in [-0.25, -0.2) is 9.97 Å². The van der Waals surface area contributed by atoms with Gasteiger partial charge >= 0.3 is 0 Å². The maximum Gasteiger partial charge on any atom is 0.172 e. The molecule has 2 N–H and O–H groups in total. The Bertz CT molecular complexity index is 605. The molecule has 1 aliphatic carbocycles. The summed E-state index contributed by atoms with van der Waals surface area (Å²) in [6.07, 6.45) is 2.42. The first kappa shape index (κ1) is 13.3. The summed E-state index contributed by atoms with van der Waals surface area (Å²) in [7, 11) is 0. The van der Waals surface area contributed by atoms with Gasteiger partial charge in [0.2, 0.25) is 0 Å². The predicted octanol–water partition coefficient (Wildman–Crippen LogP) is 4.79. The molecule has 0 saturated heterocycles. The average Bonchev–Trinajstić information content (AvgIpc) is 3.10. The van der Waals surface area contributed by atoms with Gasteiger partial charge in [-0.2, -0.15) is 0 Å². The van der Waals surface area contributed by atoms with Crippen molar-refractivity contribution in [1.82, 2.24) is 9.97 Å². The Kier molecular flexibility index (Phi) is 3.68. The Balaban J connectivity index is 2.12. The number of thiophene rings is 1. The molecule has 2 aromatic heterocycles. The predicted molar refractivity (Wildman–Crippen MR) is 89.8 cm³/mol. The van der Waals surface area contributed by atoms with Gasteiger partial charge in [0.05, 0.1) is 17.9 Å². The zero-order valence-corrected chi connectivity index (χ0v) is 15.2. The van der Waals surface area contributed by atoms with E-state index < -0.39 is 0 Å². The van der Waals surface area contributed by atoms with Crippen LogP contribution < -0.4 is 5.73 Å². The van der Waals surface area contributed by atoms with E-state index in [1.807, 2.05) is 6.07 Å². The maximum atomic E-state index is 5.99. The number of rotatable bonds is 2. The number of anilines is 1. The van der Waals surface area contributed by atoms with Gasteiger partial charge in [0, 0.05) is 10.4 Å². The third-order valence-electron chi connectivity index (χ3n) is 2.73. The lowest BCUT2D eigenvalue weighted by Gasteiger charge is -2.06. The summed E-state index contributed by atoms with van der Waals surface area (Å²) in [4.78, 5) is 10.1. The molecular weight excluding hydrogens is 493 g/mol.